The van der Waals surface area contributed by atoms with Gasteiger partial charge in [-0.2, -0.15) is 0 Å². The Kier molecular flexibility index (Phi) is 22.5. The molecule has 0 saturated carbocycles. The molecule has 6 heteroatoms. The van der Waals surface area contributed by atoms with Crippen molar-refractivity contribution in [2.24, 2.45) is 0 Å². The summed E-state index contributed by atoms with van der Waals surface area (Å²) in [7, 11) is 0. The van der Waals surface area contributed by atoms with E-state index in [-0.39, 0.29) is 43.3 Å². The van der Waals surface area contributed by atoms with Crippen LogP contribution in [0.4, 0.5) is 0 Å². The fraction of sp³-hybridized carbons (Fsp3) is 0.690. The Morgan fingerprint density at radius 2 is 1.23 bits per heavy atom. The number of unbranched alkanes of at least 4 members (excludes halogenated alkanes) is 12. The Bertz CT molecular complexity index is 687. The molecule has 1 N–H and O–H groups in total. The first-order valence-corrected chi connectivity index (χ1v) is 13.6. The Labute approximate surface area is 237 Å². The van der Waals surface area contributed by atoms with E-state index in [9.17, 15) is 14.4 Å². The van der Waals surface area contributed by atoms with Crippen LogP contribution in [0.2, 0.25) is 0 Å². The van der Waals surface area contributed by atoms with Crippen LogP contribution >= 0.6 is 0 Å². The monoisotopic (exact) mass is 497 g/mol. The number of esters is 2. The van der Waals surface area contributed by atoms with Crippen molar-refractivity contribution in [2.75, 3.05) is 0 Å². The zero-order valence-corrected chi connectivity index (χ0v) is 24.6. The predicted molar refractivity (Wildman–Crippen MR) is 140 cm³/mol. The van der Waals surface area contributed by atoms with Crippen LogP contribution in [0, 0.1) is 0 Å². The van der Waals surface area contributed by atoms with Gasteiger partial charge in [0.25, 0.3) is 0 Å². The van der Waals surface area contributed by atoms with Crippen molar-refractivity contribution in [1.82, 2.24) is 5.32 Å². The number of hydrogen-bond acceptors (Lipinski definition) is 4. The third kappa shape index (κ3) is 18.7. The summed E-state index contributed by atoms with van der Waals surface area (Å²) in [5.41, 5.74) is 0.917. The van der Waals surface area contributed by atoms with Crippen molar-refractivity contribution >= 4 is 17.8 Å². The van der Waals surface area contributed by atoms with Gasteiger partial charge in [-0.05, 0) is 18.4 Å². The number of nitrogens with one attached hydrogen (secondary N) is 1. The molecule has 1 atom stereocenters. The van der Waals surface area contributed by atoms with E-state index in [1.807, 2.05) is 30.3 Å². The minimum atomic E-state index is -0.850. The van der Waals surface area contributed by atoms with Gasteiger partial charge in [0.15, 0.2) is 0 Å². The van der Waals surface area contributed by atoms with Gasteiger partial charge in [-0.1, -0.05) is 121 Å². The molecule has 1 rings (SSSR count). The summed E-state index contributed by atoms with van der Waals surface area (Å²) in [6, 6.07) is 8.65. The fourth-order valence-corrected chi connectivity index (χ4v) is 4.01. The molecule has 5 nitrogen and oxygen atoms in total. The van der Waals surface area contributed by atoms with Crippen molar-refractivity contribution in [3.63, 3.8) is 0 Å². The predicted octanol–water partition coefficient (Wildman–Crippen LogP) is 4.18. The molecule has 0 aliphatic carbocycles. The van der Waals surface area contributed by atoms with Crippen molar-refractivity contribution < 1.29 is 50.1 Å². The van der Waals surface area contributed by atoms with E-state index in [1.165, 1.54) is 51.4 Å². The van der Waals surface area contributed by atoms with E-state index in [2.05, 4.69) is 19.2 Å². The van der Waals surface area contributed by atoms with Crippen LogP contribution in [0.3, 0.4) is 0 Å². The van der Waals surface area contributed by atoms with Crippen molar-refractivity contribution in [2.45, 2.75) is 129 Å². The van der Waals surface area contributed by atoms with Crippen LogP contribution in [-0.4, -0.2) is 23.9 Å². The Hall–Kier alpha value is -1.17. The summed E-state index contributed by atoms with van der Waals surface area (Å²) in [4.78, 5) is 37.4. The van der Waals surface area contributed by atoms with Gasteiger partial charge in [0, 0.05) is 19.3 Å². The van der Waals surface area contributed by atoms with E-state index in [0.29, 0.717) is 12.8 Å². The van der Waals surface area contributed by atoms with Crippen LogP contribution < -0.4 is 34.9 Å². The first-order chi connectivity index (χ1) is 16.6. The van der Waals surface area contributed by atoms with Crippen molar-refractivity contribution in [3.8, 4) is 0 Å². The van der Waals surface area contributed by atoms with Gasteiger partial charge in [0.05, 0.1) is 0 Å². The van der Waals surface area contributed by atoms with Gasteiger partial charge < -0.3 is 11.5 Å². The first-order valence-electron chi connectivity index (χ1n) is 13.6. The van der Waals surface area contributed by atoms with Gasteiger partial charge in [0.1, 0.15) is 6.04 Å². The summed E-state index contributed by atoms with van der Waals surface area (Å²) in [5.74, 6) is -1.33. The summed E-state index contributed by atoms with van der Waals surface area (Å²) >= 11 is 0. The van der Waals surface area contributed by atoms with Crippen molar-refractivity contribution in [1.29, 1.82) is 0 Å². The van der Waals surface area contributed by atoms with E-state index >= 15 is 0 Å². The zero-order chi connectivity index (χ0) is 24.9. The van der Waals surface area contributed by atoms with E-state index in [0.717, 1.165) is 44.1 Å². The molecule has 0 spiro atoms. The molecule has 0 aromatic heterocycles. The van der Waals surface area contributed by atoms with Gasteiger partial charge >= 0.3 is 41.5 Å². The van der Waals surface area contributed by atoms with Crippen LogP contribution in [0.5, 0.6) is 0 Å². The van der Waals surface area contributed by atoms with Crippen LogP contribution in [0.15, 0.2) is 30.3 Å². The summed E-state index contributed by atoms with van der Waals surface area (Å²) < 4.78 is 5.12. The summed E-state index contributed by atoms with van der Waals surface area (Å²) in [6.07, 6.45) is 16.5. The van der Waals surface area contributed by atoms with Crippen molar-refractivity contribution in [3.05, 3.63) is 35.9 Å². The van der Waals surface area contributed by atoms with E-state index in [1.54, 1.807) is 0 Å². The normalized spacial score (nSPS) is 11.4. The quantitative estimate of drug-likeness (QED) is 0.127. The maximum Gasteiger partial charge on any atom is 1.00 e. The second kappa shape index (κ2) is 23.2. The topological polar surface area (TPSA) is 72.5 Å². The maximum atomic E-state index is 12.7. The molecule has 1 aromatic rings. The molecule has 194 valence electrons. The van der Waals surface area contributed by atoms with Gasteiger partial charge in [0.2, 0.25) is 5.91 Å². The second-order valence-electron chi connectivity index (χ2n) is 9.35. The Morgan fingerprint density at radius 1 is 0.743 bits per heavy atom. The molecule has 0 bridgehead atoms. The molecule has 1 aromatic carbocycles. The first kappa shape index (κ1) is 33.8. The molecule has 0 unspecified atom stereocenters. The SMILES string of the molecule is CCCCCCCCCC(=O)N[C@@H](Cc1ccccc1)C(=O)OC(=O)CCCCCCCCC.[H-].[Na+]. The second-order valence-corrected chi connectivity index (χ2v) is 9.35. The smallest absolute Gasteiger partial charge is 1.00 e. The molecular weight excluding hydrogens is 449 g/mol. The van der Waals surface area contributed by atoms with Crippen LogP contribution in [-0.2, 0) is 25.5 Å². The fourth-order valence-electron chi connectivity index (χ4n) is 4.01. The number of carbonyl (C=O) groups excluding carboxylic acids is 3. The number of benzene rings is 1. The number of ether oxygens (including phenoxy) is 1. The molecule has 1 amide bonds. The van der Waals surface area contributed by atoms with Crippen LogP contribution in [0.25, 0.3) is 0 Å². The number of amides is 1. The molecule has 0 fully saturated rings. The summed E-state index contributed by atoms with van der Waals surface area (Å²) in [6.45, 7) is 4.39. The Balaban J connectivity index is 0. The van der Waals surface area contributed by atoms with Crippen LogP contribution in [0.1, 0.15) is 124 Å². The minimum absolute atomic E-state index is 0. The van der Waals surface area contributed by atoms with E-state index < -0.39 is 18.0 Å². The van der Waals surface area contributed by atoms with Gasteiger partial charge in [-0.25, -0.2) is 4.79 Å². The third-order valence-electron chi connectivity index (χ3n) is 6.11. The average molecular weight is 498 g/mol. The molecule has 0 radical (unpaired) electrons. The number of carbonyl (C=O) groups is 3. The molecule has 0 saturated heterocycles. The maximum absolute atomic E-state index is 12.7. The molecule has 0 heterocycles. The van der Waals surface area contributed by atoms with E-state index in [4.69, 9.17) is 4.74 Å². The Morgan fingerprint density at radius 3 is 1.77 bits per heavy atom. The molecular formula is C29H48NNaO4. The van der Waals surface area contributed by atoms with Gasteiger partial charge in [-0.3, -0.25) is 9.59 Å². The molecule has 0 aliphatic heterocycles. The molecule has 35 heavy (non-hydrogen) atoms. The zero-order valence-electron chi connectivity index (χ0n) is 23.6. The standard InChI is InChI=1S/C29H47NO4.Na.H/c1-3-5-7-9-11-13-18-22-27(31)30-26(24-25-20-16-15-17-21-25)29(33)34-28(32)23-19-14-12-10-8-6-4-2;;/h15-17,20-21,26H,3-14,18-19,22-24H2,1-2H3,(H,30,31);;/q;+1;-1/t26-;;/m0../s1. The molecule has 0 aliphatic rings. The third-order valence-corrected chi connectivity index (χ3v) is 6.11. The number of rotatable bonds is 20. The average Bonchev–Trinajstić information content (AvgIpc) is 2.83. The minimum Gasteiger partial charge on any atom is -1.00 e. The van der Waals surface area contributed by atoms with Gasteiger partial charge in [-0.15, -0.1) is 0 Å². The number of hydrogen-bond donors (Lipinski definition) is 1. The summed E-state index contributed by atoms with van der Waals surface area (Å²) in [5, 5.41) is 2.81. The largest absolute Gasteiger partial charge is 1.00 e.